The second kappa shape index (κ2) is 5.45. The van der Waals surface area contributed by atoms with Gasteiger partial charge in [-0.05, 0) is 5.92 Å². The molecule has 1 aromatic heterocycles. The van der Waals surface area contributed by atoms with Gasteiger partial charge in [-0.3, -0.25) is 5.43 Å². The highest BCUT2D eigenvalue weighted by atomic mass is 16.5. The SMILES string of the molecule is CC(C)COc1nc(NN)nc(N(C)C)n1. The maximum absolute atomic E-state index is 5.42. The number of nitrogens with one attached hydrogen (secondary N) is 1. The summed E-state index contributed by atoms with van der Waals surface area (Å²) < 4.78 is 5.42. The highest BCUT2D eigenvalue weighted by molar-refractivity contribution is 5.35. The lowest BCUT2D eigenvalue weighted by Crippen LogP contribution is -2.18. The third-order valence-corrected chi connectivity index (χ3v) is 1.68. The lowest BCUT2D eigenvalue weighted by Gasteiger charge is -2.13. The van der Waals surface area contributed by atoms with E-state index in [-0.39, 0.29) is 12.0 Å². The quantitative estimate of drug-likeness (QED) is 0.549. The Hall–Kier alpha value is -1.63. The van der Waals surface area contributed by atoms with Crippen LogP contribution in [0.2, 0.25) is 0 Å². The molecule has 7 nitrogen and oxygen atoms in total. The van der Waals surface area contributed by atoms with Gasteiger partial charge in [0.05, 0.1) is 6.61 Å². The molecule has 0 spiro atoms. The molecule has 0 aliphatic rings. The maximum atomic E-state index is 5.42. The predicted octanol–water partition coefficient (Wildman–Crippen LogP) is 0.258. The van der Waals surface area contributed by atoms with Crippen molar-refractivity contribution in [3.63, 3.8) is 0 Å². The standard InChI is InChI=1S/C9H18N6O/c1-6(2)5-16-9-12-7(14-10)11-8(13-9)15(3)4/h6H,5,10H2,1-4H3,(H,11,12,13,14). The van der Waals surface area contributed by atoms with E-state index in [1.165, 1.54) is 0 Å². The van der Waals surface area contributed by atoms with E-state index in [4.69, 9.17) is 10.6 Å². The molecule has 7 heteroatoms. The van der Waals surface area contributed by atoms with Crippen molar-refractivity contribution >= 4 is 11.9 Å². The molecule has 16 heavy (non-hydrogen) atoms. The first-order valence-electron chi connectivity index (χ1n) is 5.05. The van der Waals surface area contributed by atoms with Crippen LogP contribution in [0.3, 0.4) is 0 Å². The number of ether oxygens (including phenoxy) is 1. The maximum Gasteiger partial charge on any atom is 0.323 e. The first kappa shape index (κ1) is 12.4. The van der Waals surface area contributed by atoms with E-state index in [0.717, 1.165) is 0 Å². The first-order chi connectivity index (χ1) is 7.52. The predicted molar refractivity (Wildman–Crippen MR) is 62.3 cm³/mol. The van der Waals surface area contributed by atoms with E-state index in [2.05, 4.69) is 34.2 Å². The number of rotatable bonds is 5. The number of anilines is 2. The molecule has 90 valence electrons. The summed E-state index contributed by atoms with van der Waals surface area (Å²) in [5.41, 5.74) is 2.38. The Morgan fingerprint density at radius 3 is 2.50 bits per heavy atom. The molecular weight excluding hydrogens is 208 g/mol. The van der Waals surface area contributed by atoms with Crippen molar-refractivity contribution in [2.45, 2.75) is 13.8 Å². The smallest absolute Gasteiger partial charge is 0.323 e. The van der Waals surface area contributed by atoms with Crippen LogP contribution in [0.1, 0.15) is 13.8 Å². The molecule has 0 unspecified atom stereocenters. The summed E-state index contributed by atoms with van der Waals surface area (Å²) in [4.78, 5) is 14.0. The second-order valence-electron chi connectivity index (χ2n) is 3.99. The molecule has 3 N–H and O–H groups in total. The van der Waals surface area contributed by atoms with E-state index in [1.54, 1.807) is 4.90 Å². The van der Waals surface area contributed by atoms with Crippen molar-refractivity contribution in [2.24, 2.45) is 11.8 Å². The van der Waals surface area contributed by atoms with Gasteiger partial charge in [-0.1, -0.05) is 13.8 Å². The summed E-state index contributed by atoms with van der Waals surface area (Å²) >= 11 is 0. The van der Waals surface area contributed by atoms with Crippen LogP contribution in [0, 0.1) is 5.92 Å². The first-order valence-corrected chi connectivity index (χ1v) is 5.05. The fraction of sp³-hybridized carbons (Fsp3) is 0.667. The molecule has 1 heterocycles. The van der Waals surface area contributed by atoms with Crippen molar-refractivity contribution in [1.29, 1.82) is 0 Å². The molecule has 1 aromatic rings. The average Bonchev–Trinajstić information content (AvgIpc) is 2.25. The Labute approximate surface area is 95.0 Å². The normalized spacial score (nSPS) is 10.4. The van der Waals surface area contributed by atoms with Gasteiger partial charge in [-0.25, -0.2) is 5.84 Å². The van der Waals surface area contributed by atoms with Gasteiger partial charge in [0.15, 0.2) is 0 Å². The van der Waals surface area contributed by atoms with Gasteiger partial charge in [-0.15, -0.1) is 0 Å². The highest BCUT2D eigenvalue weighted by Gasteiger charge is 2.08. The average molecular weight is 226 g/mol. The monoisotopic (exact) mass is 226 g/mol. The summed E-state index contributed by atoms with van der Waals surface area (Å²) in [6.45, 7) is 4.66. The number of nitrogen functional groups attached to an aromatic ring is 1. The van der Waals surface area contributed by atoms with Gasteiger partial charge in [0, 0.05) is 14.1 Å². The molecule has 0 fully saturated rings. The van der Waals surface area contributed by atoms with Crippen LogP contribution in [-0.2, 0) is 0 Å². The van der Waals surface area contributed by atoms with E-state index in [0.29, 0.717) is 18.5 Å². The third kappa shape index (κ3) is 3.50. The Bertz CT molecular complexity index is 341. The van der Waals surface area contributed by atoms with Gasteiger partial charge >= 0.3 is 6.01 Å². The van der Waals surface area contributed by atoms with Crippen LogP contribution >= 0.6 is 0 Å². The van der Waals surface area contributed by atoms with Crippen LogP contribution in [0.4, 0.5) is 11.9 Å². The molecule has 0 atom stereocenters. The Morgan fingerprint density at radius 1 is 1.31 bits per heavy atom. The second-order valence-corrected chi connectivity index (χ2v) is 3.99. The zero-order valence-electron chi connectivity index (χ0n) is 10.1. The minimum atomic E-state index is 0.278. The van der Waals surface area contributed by atoms with Crippen LogP contribution in [0.15, 0.2) is 0 Å². The van der Waals surface area contributed by atoms with Crippen LogP contribution in [0.25, 0.3) is 0 Å². The molecule has 0 radical (unpaired) electrons. The number of nitrogens with zero attached hydrogens (tertiary/aromatic N) is 4. The molecule has 1 rings (SSSR count). The van der Waals surface area contributed by atoms with Crippen molar-refractivity contribution < 1.29 is 4.74 Å². The van der Waals surface area contributed by atoms with E-state index in [9.17, 15) is 0 Å². The Kier molecular flexibility index (Phi) is 4.24. The third-order valence-electron chi connectivity index (χ3n) is 1.68. The lowest BCUT2D eigenvalue weighted by atomic mass is 10.2. The lowest BCUT2D eigenvalue weighted by molar-refractivity contribution is 0.250. The van der Waals surface area contributed by atoms with Crippen LogP contribution in [-0.4, -0.2) is 35.7 Å². The summed E-state index contributed by atoms with van der Waals surface area (Å²) in [7, 11) is 3.67. The minimum Gasteiger partial charge on any atom is -0.463 e. The number of nitrogens with two attached hydrogens (primary N) is 1. The molecule has 0 aromatic carbocycles. The summed E-state index contributed by atoms with van der Waals surface area (Å²) in [5, 5.41) is 0. The highest BCUT2D eigenvalue weighted by Crippen LogP contribution is 2.12. The molecule has 0 aliphatic carbocycles. The van der Waals surface area contributed by atoms with E-state index < -0.39 is 0 Å². The largest absolute Gasteiger partial charge is 0.463 e. The number of hydrogen-bond acceptors (Lipinski definition) is 7. The van der Waals surface area contributed by atoms with Crippen molar-refractivity contribution in [3.8, 4) is 6.01 Å². The number of aromatic nitrogens is 3. The Balaban J connectivity index is 2.86. The summed E-state index contributed by atoms with van der Waals surface area (Å²) in [6.07, 6.45) is 0. The van der Waals surface area contributed by atoms with E-state index in [1.807, 2.05) is 14.1 Å². The van der Waals surface area contributed by atoms with E-state index >= 15 is 0 Å². The fourth-order valence-electron chi connectivity index (χ4n) is 0.916. The fourth-order valence-corrected chi connectivity index (χ4v) is 0.916. The van der Waals surface area contributed by atoms with Crippen molar-refractivity contribution in [3.05, 3.63) is 0 Å². The zero-order chi connectivity index (χ0) is 12.1. The number of hydrazine groups is 1. The molecular formula is C9H18N6O. The van der Waals surface area contributed by atoms with Gasteiger partial charge in [0.1, 0.15) is 0 Å². The summed E-state index contributed by atoms with van der Waals surface area (Å²) in [5.74, 6) is 6.47. The molecule has 0 saturated heterocycles. The van der Waals surface area contributed by atoms with Gasteiger partial charge < -0.3 is 9.64 Å². The summed E-state index contributed by atoms with van der Waals surface area (Å²) in [6, 6.07) is 0.278. The van der Waals surface area contributed by atoms with Gasteiger partial charge in [0.2, 0.25) is 11.9 Å². The van der Waals surface area contributed by atoms with Crippen LogP contribution in [0.5, 0.6) is 6.01 Å². The molecule has 0 saturated carbocycles. The van der Waals surface area contributed by atoms with Gasteiger partial charge in [0.25, 0.3) is 0 Å². The van der Waals surface area contributed by atoms with Crippen LogP contribution < -0.4 is 20.9 Å². The molecule has 0 bridgehead atoms. The molecule has 0 aliphatic heterocycles. The van der Waals surface area contributed by atoms with Gasteiger partial charge in [-0.2, -0.15) is 15.0 Å². The topological polar surface area (TPSA) is 89.2 Å². The Morgan fingerprint density at radius 2 is 2.00 bits per heavy atom. The molecule has 0 amide bonds. The zero-order valence-corrected chi connectivity index (χ0v) is 10.1. The number of hydrogen-bond donors (Lipinski definition) is 2. The van der Waals surface area contributed by atoms with Crippen molar-refractivity contribution in [1.82, 2.24) is 15.0 Å². The van der Waals surface area contributed by atoms with Crippen molar-refractivity contribution in [2.75, 3.05) is 31.0 Å². The minimum absolute atomic E-state index is 0.278.